The number of thiazole rings is 1. The molecule has 4 heteroatoms. The highest BCUT2D eigenvalue weighted by atomic mass is 32.1. The van der Waals surface area contributed by atoms with Crippen molar-refractivity contribution in [2.45, 2.75) is 19.8 Å². The van der Waals surface area contributed by atoms with Gasteiger partial charge in [0.1, 0.15) is 5.82 Å². The van der Waals surface area contributed by atoms with Crippen LogP contribution in [0.2, 0.25) is 0 Å². The first kappa shape index (κ1) is 12.2. The van der Waals surface area contributed by atoms with Crippen LogP contribution >= 0.6 is 11.3 Å². The maximum atomic E-state index is 12.9. The molecule has 2 N–H and O–H groups in total. The third-order valence-corrected chi connectivity index (χ3v) is 3.91. The molecule has 0 bridgehead atoms. The number of rotatable bonds is 3. The first-order valence-corrected chi connectivity index (χ1v) is 6.36. The van der Waals surface area contributed by atoms with Crippen LogP contribution in [0.25, 0.3) is 11.3 Å². The van der Waals surface area contributed by atoms with E-state index in [2.05, 4.69) is 11.9 Å². The van der Waals surface area contributed by atoms with Crippen molar-refractivity contribution in [2.24, 2.45) is 5.73 Å². The molecule has 17 heavy (non-hydrogen) atoms. The van der Waals surface area contributed by atoms with Gasteiger partial charge in [-0.1, -0.05) is 6.92 Å². The maximum Gasteiger partial charge on any atom is 0.123 e. The lowest BCUT2D eigenvalue weighted by Crippen LogP contribution is -2.08. The Hall–Kier alpha value is -1.26. The van der Waals surface area contributed by atoms with E-state index in [0.717, 1.165) is 21.1 Å². The van der Waals surface area contributed by atoms with Crippen LogP contribution in [0.1, 0.15) is 22.7 Å². The average molecular weight is 250 g/mol. The zero-order chi connectivity index (χ0) is 12.4. The molecule has 0 amide bonds. The number of nitrogens with two attached hydrogens (primary N) is 1. The number of aryl methyl sites for hydroxylation is 1. The molecule has 1 unspecified atom stereocenters. The third kappa shape index (κ3) is 2.53. The zero-order valence-electron chi connectivity index (χ0n) is 9.90. The Morgan fingerprint density at radius 2 is 2.00 bits per heavy atom. The highest BCUT2D eigenvalue weighted by molar-refractivity contribution is 7.12. The van der Waals surface area contributed by atoms with Gasteiger partial charge in [-0.3, -0.25) is 0 Å². The smallest absolute Gasteiger partial charge is 0.123 e. The first-order valence-electron chi connectivity index (χ1n) is 5.55. The maximum absolute atomic E-state index is 12.9. The predicted molar refractivity (Wildman–Crippen MR) is 69.7 cm³/mol. The fourth-order valence-electron chi connectivity index (χ4n) is 1.60. The molecule has 0 aliphatic carbocycles. The lowest BCUT2D eigenvalue weighted by molar-refractivity contribution is 0.628. The monoisotopic (exact) mass is 250 g/mol. The van der Waals surface area contributed by atoms with E-state index in [0.29, 0.717) is 6.54 Å². The lowest BCUT2D eigenvalue weighted by atomic mass is 10.1. The second-order valence-corrected chi connectivity index (χ2v) is 5.34. The molecule has 90 valence electrons. The van der Waals surface area contributed by atoms with Crippen molar-refractivity contribution in [1.82, 2.24) is 4.98 Å². The summed E-state index contributed by atoms with van der Waals surface area (Å²) in [6.07, 6.45) is 0. The molecular formula is C13H15FN2S. The van der Waals surface area contributed by atoms with Gasteiger partial charge >= 0.3 is 0 Å². The molecule has 0 spiro atoms. The van der Waals surface area contributed by atoms with Crippen molar-refractivity contribution >= 4 is 11.3 Å². The summed E-state index contributed by atoms with van der Waals surface area (Å²) in [7, 11) is 0. The third-order valence-electron chi connectivity index (χ3n) is 2.71. The van der Waals surface area contributed by atoms with Gasteiger partial charge < -0.3 is 5.73 Å². The fourth-order valence-corrected chi connectivity index (χ4v) is 2.61. The molecule has 2 aromatic rings. The summed E-state index contributed by atoms with van der Waals surface area (Å²) in [5.41, 5.74) is 7.53. The minimum absolute atomic E-state index is 0.225. The van der Waals surface area contributed by atoms with Crippen molar-refractivity contribution in [3.8, 4) is 11.3 Å². The van der Waals surface area contributed by atoms with Crippen molar-refractivity contribution in [3.05, 3.63) is 40.0 Å². The van der Waals surface area contributed by atoms with Crippen LogP contribution in [-0.4, -0.2) is 11.5 Å². The summed E-state index contributed by atoms with van der Waals surface area (Å²) in [4.78, 5) is 5.74. The molecule has 1 aromatic carbocycles. The van der Waals surface area contributed by atoms with Crippen LogP contribution < -0.4 is 5.73 Å². The number of aromatic nitrogens is 1. The largest absolute Gasteiger partial charge is 0.330 e. The summed E-state index contributed by atoms with van der Waals surface area (Å²) in [6.45, 7) is 4.69. The molecule has 0 aliphatic rings. The Balaban J connectivity index is 2.39. The molecule has 1 aromatic heterocycles. The van der Waals surface area contributed by atoms with Crippen LogP contribution in [0.5, 0.6) is 0 Å². The zero-order valence-corrected chi connectivity index (χ0v) is 10.7. The second kappa shape index (κ2) is 4.94. The summed E-state index contributed by atoms with van der Waals surface area (Å²) < 4.78 is 12.9. The molecule has 0 saturated heterocycles. The van der Waals surface area contributed by atoms with E-state index in [1.807, 2.05) is 6.92 Å². The van der Waals surface area contributed by atoms with E-state index in [9.17, 15) is 4.39 Å². The van der Waals surface area contributed by atoms with Gasteiger partial charge in [-0.05, 0) is 31.2 Å². The van der Waals surface area contributed by atoms with Gasteiger partial charge in [-0.25, -0.2) is 9.37 Å². The molecule has 0 fully saturated rings. The van der Waals surface area contributed by atoms with Crippen molar-refractivity contribution < 1.29 is 4.39 Å². The lowest BCUT2D eigenvalue weighted by Gasteiger charge is -2.02. The summed E-state index contributed by atoms with van der Waals surface area (Å²) in [5.74, 6) is 0.0464. The molecule has 0 aliphatic heterocycles. The van der Waals surface area contributed by atoms with Crippen LogP contribution in [0.4, 0.5) is 4.39 Å². The van der Waals surface area contributed by atoms with Crippen LogP contribution in [0.15, 0.2) is 24.3 Å². The summed E-state index contributed by atoms with van der Waals surface area (Å²) >= 11 is 1.66. The van der Waals surface area contributed by atoms with E-state index >= 15 is 0 Å². The molecule has 0 radical (unpaired) electrons. The Bertz CT molecular complexity index is 505. The Labute approximate surface area is 104 Å². The molecule has 1 heterocycles. The van der Waals surface area contributed by atoms with E-state index in [-0.39, 0.29) is 11.7 Å². The van der Waals surface area contributed by atoms with E-state index in [1.165, 1.54) is 12.1 Å². The van der Waals surface area contributed by atoms with Gasteiger partial charge in [0, 0.05) is 22.9 Å². The minimum Gasteiger partial charge on any atom is -0.330 e. The number of benzene rings is 1. The number of halogens is 1. The number of nitrogens with zero attached hydrogens (tertiary/aromatic N) is 1. The number of hydrogen-bond donors (Lipinski definition) is 1. The minimum atomic E-state index is -0.225. The Morgan fingerprint density at radius 1 is 1.35 bits per heavy atom. The molecule has 2 rings (SSSR count). The molecular weight excluding hydrogens is 235 g/mol. The number of hydrogen-bond acceptors (Lipinski definition) is 3. The summed E-state index contributed by atoms with van der Waals surface area (Å²) in [6, 6.07) is 6.43. The quantitative estimate of drug-likeness (QED) is 0.907. The van der Waals surface area contributed by atoms with E-state index in [1.54, 1.807) is 23.5 Å². The Morgan fingerprint density at radius 3 is 2.59 bits per heavy atom. The van der Waals surface area contributed by atoms with Gasteiger partial charge in [0.05, 0.1) is 10.7 Å². The highest BCUT2D eigenvalue weighted by Crippen LogP contribution is 2.30. The Kier molecular flexibility index (Phi) is 3.54. The molecule has 1 atom stereocenters. The topological polar surface area (TPSA) is 38.9 Å². The van der Waals surface area contributed by atoms with Crippen LogP contribution in [-0.2, 0) is 0 Å². The van der Waals surface area contributed by atoms with Gasteiger partial charge in [-0.15, -0.1) is 11.3 Å². The molecule has 2 nitrogen and oxygen atoms in total. The van der Waals surface area contributed by atoms with Crippen molar-refractivity contribution in [3.63, 3.8) is 0 Å². The van der Waals surface area contributed by atoms with E-state index < -0.39 is 0 Å². The van der Waals surface area contributed by atoms with Crippen molar-refractivity contribution in [2.75, 3.05) is 6.54 Å². The van der Waals surface area contributed by atoms with Crippen molar-refractivity contribution in [1.29, 1.82) is 0 Å². The van der Waals surface area contributed by atoms with Gasteiger partial charge in [0.2, 0.25) is 0 Å². The standard InChI is InChI=1S/C13H15FN2S/c1-8(7-15)13-16-12(9(2)17-13)10-3-5-11(14)6-4-10/h3-6,8H,7,15H2,1-2H3. The van der Waals surface area contributed by atoms with Gasteiger partial charge in [0.15, 0.2) is 0 Å². The second-order valence-electron chi connectivity index (χ2n) is 4.10. The highest BCUT2D eigenvalue weighted by Gasteiger charge is 2.13. The van der Waals surface area contributed by atoms with Gasteiger partial charge in [0.25, 0.3) is 0 Å². The van der Waals surface area contributed by atoms with Gasteiger partial charge in [-0.2, -0.15) is 0 Å². The fraction of sp³-hybridized carbons (Fsp3) is 0.308. The SMILES string of the molecule is Cc1sc(C(C)CN)nc1-c1ccc(F)cc1. The van der Waals surface area contributed by atoms with Crippen LogP contribution in [0, 0.1) is 12.7 Å². The average Bonchev–Trinajstić information content (AvgIpc) is 2.71. The summed E-state index contributed by atoms with van der Waals surface area (Å²) in [5, 5.41) is 1.05. The van der Waals surface area contributed by atoms with E-state index in [4.69, 9.17) is 5.73 Å². The predicted octanol–water partition coefficient (Wildman–Crippen LogP) is 3.32. The normalized spacial score (nSPS) is 12.7. The van der Waals surface area contributed by atoms with Crippen LogP contribution in [0.3, 0.4) is 0 Å². The first-order chi connectivity index (χ1) is 8.11. The molecule has 0 saturated carbocycles.